The maximum Gasteiger partial charge on any atom is 0.273 e. The van der Waals surface area contributed by atoms with Crippen LogP contribution < -0.4 is 4.72 Å². The first-order valence-corrected chi connectivity index (χ1v) is 9.49. The van der Waals surface area contributed by atoms with Crippen molar-refractivity contribution in [2.45, 2.75) is 4.21 Å². The van der Waals surface area contributed by atoms with Gasteiger partial charge in [-0.05, 0) is 17.5 Å². The molecule has 0 aliphatic rings. The summed E-state index contributed by atoms with van der Waals surface area (Å²) in [4.78, 5) is 16.6. The van der Waals surface area contributed by atoms with Gasteiger partial charge in [-0.25, -0.2) is 18.1 Å². The second-order valence-corrected chi connectivity index (χ2v) is 8.17. The van der Waals surface area contributed by atoms with Crippen molar-refractivity contribution in [3.8, 4) is 0 Å². The number of nitrogens with one attached hydrogen (secondary N) is 1. The van der Waals surface area contributed by atoms with E-state index in [0.29, 0.717) is 10.7 Å². The Hall–Kier alpha value is -1.68. The molecule has 10 heteroatoms. The number of thiazole rings is 1. The lowest BCUT2D eigenvalue weighted by Crippen LogP contribution is -2.28. The smallest absolute Gasteiger partial charge is 0.273 e. The summed E-state index contributed by atoms with van der Waals surface area (Å²) in [7, 11) is -3.83. The van der Waals surface area contributed by atoms with Gasteiger partial charge in [-0.15, -0.1) is 22.7 Å². The minimum atomic E-state index is -3.83. The number of fused-ring (bicyclic) bond motifs is 1. The second-order valence-electron chi connectivity index (χ2n) is 4.08. The summed E-state index contributed by atoms with van der Waals surface area (Å²) < 4.78 is 27.6. The molecule has 0 aliphatic carbocycles. The van der Waals surface area contributed by atoms with E-state index in [-0.39, 0.29) is 9.36 Å². The van der Waals surface area contributed by atoms with E-state index >= 15 is 0 Å². The molecule has 0 saturated heterocycles. The maximum absolute atomic E-state index is 11.9. The fourth-order valence-electron chi connectivity index (χ4n) is 1.71. The van der Waals surface area contributed by atoms with E-state index in [1.54, 1.807) is 22.0 Å². The number of carbonyl (C=O) groups excluding carboxylic acids is 1. The van der Waals surface area contributed by atoms with Crippen LogP contribution in [-0.2, 0) is 14.8 Å². The highest BCUT2D eigenvalue weighted by Gasteiger charge is 2.17. The van der Waals surface area contributed by atoms with Crippen molar-refractivity contribution in [2.24, 2.45) is 0 Å². The van der Waals surface area contributed by atoms with Crippen LogP contribution in [0.3, 0.4) is 0 Å². The average molecular weight is 374 g/mol. The minimum Gasteiger partial charge on any atom is -0.289 e. The van der Waals surface area contributed by atoms with Crippen molar-refractivity contribution in [3.63, 3.8) is 0 Å². The molecule has 1 amide bonds. The molecule has 3 aromatic rings. The molecule has 3 heterocycles. The minimum absolute atomic E-state index is 0.0804. The van der Waals surface area contributed by atoms with Gasteiger partial charge in [0.15, 0.2) is 10.1 Å². The molecule has 0 saturated carbocycles. The predicted octanol–water partition coefficient (Wildman–Crippen LogP) is 2.63. The quantitative estimate of drug-likeness (QED) is 0.713. The molecule has 6 nitrogen and oxygen atoms in total. The van der Waals surface area contributed by atoms with Gasteiger partial charge in [-0.2, -0.15) is 0 Å². The number of hydrogen-bond donors (Lipinski definition) is 1. The molecule has 114 valence electrons. The molecule has 0 unspecified atom stereocenters. The van der Waals surface area contributed by atoms with E-state index in [9.17, 15) is 13.2 Å². The zero-order valence-electron chi connectivity index (χ0n) is 10.8. The monoisotopic (exact) mass is 373 g/mol. The Bertz CT molecular complexity index is 954. The molecule has 0 fully saturated rings. The Balaban J connectivity index is 1.80. The maximum atomic E-state index is 11.9. The fourth-order valence-corrected chi connectivity index (χ4v) is 4.66. The van der Waals surface area contributed by atoms with Crippen molar-refractivity contribution in [1.82, 2.24) is 14.1 Å². The van der Waals surface area contributed by atoms with E-state index in [2.05, 4.69) is 4.98 Å². The van der Waals surface area contributed by atoms with Crippen LogP contribution in [0.15, 0.2) is 39.4 Å². The fraction of sp³-hybridized carbons (Fsp3) is 0. The van der Waals surface area contributed by atoms with Crippen LogP contribution in [0.1, 0.15) is 5.69 Å². The van der Waals surface area contributed by atoms with Crippen molar-refractivity contribution in [1.29, 1.82) is 0 Å². The SMILES string of the molecule is O=C(/C=C/c1c(Cl)nc2sccn12)NS(=O)(=O)c1cccs1. The second kappa shape index (κ2) is 5.84. The van der Waals surface area contributed by atoms with Crippen molar-refractivity contribution < 1.29 is 13.2 Å². The molecule has 0 spiro atoms. The van der Waals surface area contributed by atoms with Crippen molar-refractivity contribution >= 4 is 61.2 Å². The number of halogens is 1. The summed E-state index contributed by atoms with van der Waals surface area (Å²) in [5.41, 5.74) is 0.515. The van der Waals surface area contributed by atoms with Gasteiger partial charge in [0.05, 0.1) is 5.69 Å². The van der Waals surface area contributed by atoms with Gasteiger partial charge in [-0.1, -0.05) is 17.7 Å². The third-order valence-electron chi connectivity index (χ3n) is 2.64. The first-order chi connectivity index (χ1) is 10.5. The van der Waals surface area contributed by atoms with Crippen LogP contribution in [0.5, 0.6) is 0 Å². The highest BCUT2D eigenvalue weighted by Crippen LogP contribution is 2.22. The van der Waals surface area contributed by atoms with Gasteiger partial charge in [0.25, 0.3) is 15.9 Å². The largest absolute Gasteiger partial charge is 0.289 e. The standard InChI is InChI=1S/C12H8ClN3O3S3/c13-11-8(16-5-7-21-12(16)14-11)3-4-9(17)15-22(18,19)10-2-1-6-20-10/h1-7H,(H,15,17)/b4-3+. The number of rotatable bonds is 4. The Morgan fingerprint density at radius 3 is 2.91 bits per heavy atom. The zero-order chi connectivity index (χ0) is 15.7. The number of amides is 1. The number of imidazole rings is 1. The molecule has 1 N–H and O–H groups in total. The van der Waals surface area contributed by atoms with Crippen LogP contribution in [-0.4, -0.2) is 23.7 Å². The van der Waals surface area contributed by atoms with E-state index in [1.807, 2.05) is 10.1 Å². The molecular weight excluding hydrogens is 366 g/mol. The third kappa shape index (κ3) is 2.93. The van der Waals surface area contributed by atoms with Gasteiger partial charge in [0.2, 0.25) is 0 Å². The Morgan fingerprint density at radius 2 is 2.18 bits per heavy atom. The predicted molar refractivity (Wildman–Crippen MR) is 86.8 cm³/mol. The number of hydrogen-bond acceptors (Lipinski definition) is 6. The van der Waals surface area contributed by atoms with Gasteiger partial charge in [0.1, 0.15) is 4.21 Å². The first-order valence-electron chi connectivity index (χ1n) is 5.87. The van der Waals surface area contributed by atoms with E-state index < -0.39 is 15.9 Å². The normalized spacial score (nSPS) is 12.2. The number of sulfonamides is 1. The zero-order valence-corrected chi connectivity index (χ0v) is 14.0. The topological polar surface area (TPSA) is 80.5 Å². The van der Waals surface area contributed by atoms with E-state index in [4.69, 9.17) is 11.6 Å². The molecule has 0 aliphatic heterocycles. The lowest BCUT2D eigenvalue weighted by atomic mass is 10.4. The molecule has 3 aromatic heterocycles. The van der Waals surface area contributed by atoms with Crippen LogP contribution in [0.4, 0.5) is 0 Å². The molecule has 0 radical (unpaired) electrons. The van der Waals surface area contributed by atoms with Crippen LogP contribution in [0.25, 0.3) is 11.0 Å². The third-order valence-corrected chi connectivity index (χ3v) is 6.42. The summed E-state index contributed by atoms with van der Waals surface area (Å²) in [5, 5.41) is 3.70. The van der Waals surface area contributed by atoms with E-state index in [0.717, 1.165) is 17.4 Å². The lowest BCUT2D eigenvalue weighted by molar-refractivity contribution is -0.114. The summed E-state index contributed by atoms with van der Waals surface area (Å²) in [6, 6.07) is 3.02. The molecule has 0 aromatic carbocycles. The van der Waals surface area contributed by atoms with Crippen molar-refractivity contribution in [2.75, 3.05) is 0 Å². The van der Waals surface area contributed by atoms with Crippen molar-refractivity contribution in [3.05, 3.63) is 46.0 Å². The Morgan fingerprint density at radius 1 is 1.36 bits per heavy atom. The Kier molecular flexibility index (Phi) is 4.04. The van der Waals surface area contributed by atoms with Gasteiger partial charge >= 0.3 is 0 Å². The van der Waals surface area contributed by atoms with Gasteiger partial charge in [0, 0.05) is 17.7 Å². The highest BCUT2D eigenvalue weighted by molar-refractivity contribution is 7.92. The highest BCUT2D eigenvalue weighted by atomic mass is 35.5. The summed E-state index contributed by atoms with van der Waals surface area (Å²) >= 11 is 8.42. The van der Waals surface area contributed by atoms with E-state index in [1.165, 1.54) is 23.5 Å². The summed E-state index contributed by atoms with van der Waals surface area (Å²) in [6.07, 6.45) is 4.30. The average Bonchev–Trinajstić information content (AvgIpc) is 3.12. The molecule has 3 rings (SSSR count). The summed E-state index contributed by atoms with van der Waals surface area (Å²) in [5.74, 6) is -0.755. The van der Waals surface area contributed by atoms with Crippen LogP contribution >= 0.6 is 34.3 Å². The molecule has 22 heavy (non-hydrogen) atoms. The summed E-state index contributed by atoms with van der Waals surface area (Å²) in [6.45, 7) is 0. The van der Waals surface area contributed by atoms with Crippen LogP contribution in [0.2, 0.25) is 5.15 Å². The number of carbonyl (C=O) groups is 1. The molecular formula is C12H8ClN3O3S3. The number of thiophene rings is 1. The first kappa shape index (κ1) is 15.2. The van der Waals surface area contributed by atoms with Gasteiger partial charge < -0.3 is 0 Å². The molecule has 0 bridgehead atoms. The number of nitrogens with zero attached hydrogens (tertiary/aromatic N) is 2. The Labute approximate surface area is 138 Å². The lowest BCUT2D eigenvalue weighted by Gasteiger charge is -2.01. The number of aromatic nitrogens is 2. The molecule has 0 atom stereocenters. The van der Waals surface area contributed by atoms with Crippen LogP contribution in [0, 0.1) is 0 Å². The van der Waals surface area contributed by atoms with Gasteiger partial charge in [-0.3, -0.25) is 9.20 Å².